The molecule has 0 saturated carbocycles. The van der Waals surface area contributed by atoms with Gasteiger partial charge in [0, 0.05) is 30.3 Å². The standard InChI is InChI=1S/C27H38ClN3O3S/c1-25(2,3)27(6,7)34-16-15-26(4,5)30-17-19-11-13-20(14-12-19)35(32,33)31-23-10-8-9-21-22(28)18-29-24(21)23/h8-14,18,29-31H,15-17H2,1-7H3. The van der Waals surface area contributed by atoms with E-state index in [4.69, 9.17) is 16.3 Å². The van der Waals surface area contributed by atoms with Gasteiger partial charge in [0.15, 0.2) is 0 Å². The molecule has 0 spiro atoms. The molecule has 1 heterocycles. The zero-order valence-corrected chi connectivity index (χ0v) is 23.3. The van der Waals surface area contributed by atoms with Crippen LogP contribution >= 0.6 is 11.6 Å². The van der Waals surface area contributed by atoms with Gasteiger partial charge >= 0.3 is 0 Å². The van der Waals surface area contributed by atoms with Gasteiger partial charge in [-0.3, -0.25) is 4.72 Å². The van der Waals surface area contributed by atoms with Crippen molar-refractivity contribution in [3.8, 4) is 0 Å². The van der Waals surface area contributed by atoms with E-state index in [9.17, 15) is 8.42 Å². The van der Waals surface area contributed by atoms with Gasteiger partial charge in [-0.15, -0.1) is 0 Å². The molecule has 3 aromatic rings. The third-order valence-electron chi connectivity index (χ3n) is 6.91. The highest BCUT2D eigenvalue weighted by Crippen LogP contribution is 2.33. The van der Waals surface area contributed by atoms with Crippen LogP contribution in [0.25, 0.3) is 10.9 Å². The van der Waals surface area contributed by atoms with Gasteiger partial charge in [0.05, 0.1) is 26.7 Å². The second kappa shape index (κ2) is 10.1. The number of hydrogen-bond acceptors (Lipinski definition) is 4. The summed E-state index contributed by atoms with van der Waals surface area (Å²) in [5, 5.41) is 4.87. The molecule has 192 valence electrons. The Morgan fingerprint density at radius 1 is 0.971 bits per heavy atom. The summed E-state index contributed by atoms with van der Waals surface area (Å²) in [6.45, 7) is 16.4. The third-order valence-corrected chi connectivity index (χ3v) is 8.60. The fourth-order valence-corrected chi connectivity index (χ4v) is 4.69. The number of anilines is 1. The van der Waals surface area contributed by atoms with Gasteiger partial charge in [-0.25, -0.2) is 8.42 Å². The minimum Gasteiger partial charge on any atom is -0.375 e. The van der Waals surface area contributed by atoms with Crippen molar-refractivity contribution >= 4 is 38.2 Å². The zero-order valence-electron chi connectivity index (χ0n) is 21.8. The highest BCUT2D eigenvalue weighted by Gasteiger charge is 2.34. The molecule has 0 unspecified atom stereocenters. The summed E-state index contributed by atoms with van der Waals surface area (Å²) in [4.78, 5) is 3.23. The van der Waals surface area contributed by atoms with E-state index >= 15 is 0 Å². The molecule has 0 aliphatic heterocycles. The molecule has 3 N–H and O–H groups in total. The van der Waals surface area contributed by atoms with Crippen molar-refractivity contribution in [3.63, 3.8) is 0 Å². The number of aromatic nitrogens is 1. The van der Waals surface area contributed by atoms with Crippen molar-refractivity contribution in [1.82, 2.24) is 10.3 Å². The Labute approximate surface area is 214 Å². The first-order valence-corrected chi connectivity index (χ1v) is 13.7. The number of rotatable bonds is 10. The smallest absolute Gasteiger partial charge is 0.261 e. The van der Waals surface area contributed by atoms with Crippen LogP contribution in [0, 0.1) is 5.41 Å². The van der Waals surface area contributed by atoms with Gasteiger partial charge in [-0.1, -0.05) is 56.6 Å². The van der Waals surface area contributed by atoms with E-state index < -0.39 is 10.0 Å². The van der Waals surface area contributed by atoms with Crippen molar-refractivity contribution in [2.24, 2.45) is 5.41 Å². The number of fused-ring (bicyclic) bond motifs is 1. The van der Waals surface area contributed by atoms with Crippen LogP contribution < -0.4 is 10.0 Å². The van der Waals surface area contributed by atoms with Crippen LogP contribution in [0.15, 0.2) is 53.6 Å². The average Bonchev–Trinajstić information content (AvgIpc) is 3.13. The molecule has 0 aliphatic rings. The first-order chi connectivity index (χ1) is 16.1. The predicted molar refractivity (Wildman–Crippen MR) is 146 cm³/mol. The maximum atomic E-state index is 13.0. The largest absolute Gasteiger partial charge is 0.375 e. The predicted octanol–water partition coefficient (Wildman–Crippen LogP) is 6.72. The summed E-state index contributed by atoms with van der Waals surface area (Å²) in [5.74, 6) is 0. The molecule has 0 amide bonds. The second-order valence-electron chi connectivity index (χ2n) is 11.2. The Morgan fingerprint density at radius 2 is 1.63 bits per heavy atom. The summed E-state index contributed by atoms with van der Waals surface area (Å²) in [7, 11) is -3.74. The maximum Gasteiger partial charge on any atom is 0.261 e. The molecule has 35 heavy (non-hydrogen) atoms. The van der Waals surface area contributed by atoms with E-state index in [1.54, 1.807) is 30.5 Å². The molecule has 2 aromatic carbocycles. The third kappa shape index (κ3) is 6.79. The monoisotopic (exact) mass is 519 g/mol. The van der Waals surface area contributed by atoms with E-state index in [0.29, 0.717) is 29.4 Å². The van der Waals surface area contributed by atoms with Gasteiger partial charge in [-0.05, 0) is 63.3 Å². The molecule has 0 saturated heterocycles. The SMILES string of the molecule is CC(C)(CCOC(C)(C)C(C)(C)C)NCc1ccc(S(=O)(=O)Nc2cccc3c(Cl)c[nH]c23)cc1. The van der Waals surface area contributed by atoms with Gasteiger partial charge in [0.25, 0.3) is 10.0 Å². The van der Waals surface area contributed by atoms with Crippen molar-refractivity contribution in [2.45, 2.75) is 77.5 Å². The van der Waals surface area contributed by atoms with E-state index in [-0.39, 0.29) is 21.5 Å². The number of hydrogen-bond donors (Lipinski definition) is 3. The van der Waals surface area contributed by atoms with Crippen LogP contribution in [0.1, 0.15) is 60.5 Å². The number of H-pyrrole nitrogens is 1. The van der Waals surface area contributed by atoms with Gasteiger partial charge < -0.3 is 15.0 Å². The Morgan fingerprint density at radius 3 is 2.26 bits per heavy atom. The van der Waals surface area contributed by atoms with Gasteiger partial charge in [0.1, 0.15) is 0 Å². The van der Waals surface area contributed by atoms with Crippen LogP contribution in [0.5, 0.6) is 0 Å². The number of ether oxygens (including phenoxy) is 1. The van der Waals surface area contributed by atoms with Crippen molar-refractivity contribution in [2.75, 3.05) is 11.3 Å². The fraction of sp³-hybridized carbons (Fsp3) is 0.481. The molecule has 6 nitrogen and oxygen atoms in total. The second-order valence-corrected chi connectivity index (χ2v) is 13.3. The summed E-state index contributed by atoms with van der Waals surface area (Å²) in [6.07, 6.45) is 2.50. The molecular weight excluding hydrogens is 482 g/mol. The van der Waals surface area contributed by atoms with E-state index in [1.165, 1.54) is 0 Å². The molecule has 8 heteroatoms. The van der Waals surface area contributed by atoms with Crippen LogP contribution in [-0.4, -0.2) is 31.1 Å². The number of para-hydroxylation sites is 1. The molecule has 0 radical (unpaired) electrons. The minimum absolute atomic E-state index is 0.0581. The lowest BCUT2D eigenvalue weighted by molar-refractivity contribution is -0.0946. The van der Waals surface area contributed by atoms with E-state index in [0.717, 1.165) is 17.4 Å². The summed E-state index contributed by atoms with van der Waals surface area (Å²) >= 11 is 6.16. The van der Waals surface area contributed by atoms with Crippen LogP contribution in [0.3, 0.4) is 0 Å². The summed E-state index contributed by atoms with van der Waals surface area (Å²) in [5.41, 5.74) is 1.83. The maximum absolute atomic E-state index is 13.0. The highest BCUT2D eigenvalue weighted by molar-refractivity contribution is 7.92. The Balaban J connectivity index is 1.59. The van der Waals surface area contributed by atoms with Crippen LogP contribution in [0.4, 0.5) is 5.69 Å². The number of aromatic amines is 1. The van der Waals surface area contributed by atoms with Crippen molar-refractivity contribution < 1.29 is 13.2 Å². The molecule has 0 fully saturated rings. The Bertz CT molecular complexity index is 1260. The topological polar surface area (TPSA) is 83.2 Å². The van der Waals surface area contributed by atoms with Crippen LogP contribution in [-0.2, 0) is 21.3 Å². The number of halogens is 1. The summed E-state index contributed by atoms with van der Waals surface area (Å²) < 4.78 is 34.8. The molecule has 0 bridgehead atoms. The molecule has 0 atom stereocenters. The molecule has 1 aromatic heterocycles. The molecule has 0 aliphatic carbocycles. The Hall–Kier alpha value is -2.06. The number of nitrogens with one attached hydrogen (secondary N) is 3. The first kappa shape index (κ1) is 27.5. The summed E-state index contributed by atoms with van der Waals surface area (Å²) in [6, 6.07) is 12.2. The van der Waals surface area contributed by atoms with Crippen molar-refractivity contribution in [3.05, 3.63) is 59.2 Å². The Kier molecular flexibility index (Phi) is 7.97. The first-order valence-electron chi connectivity index (χ1n) is 11.9. The van der Waals surface area contributed by atoms with Crippen LogP contribution in [0.2, 0.25) is 5.02 Å². The van der Waals surface area contributed by atoms with Gasteiger partial charge in [0.2, 0.25) is 0 Å². The minimum atomic E-state index is -3.74. The lowest BCUT2D eigenvalue weighted by atomic mass is 9.79. The normalized spacial score (nSPS) is 13.4. The number of sulfonamides is 1. The lowest BCUT2D eigenvalue weighted by Gasteiger charge is -2.39. The lowest BCUT2D eigenvalue weighted by Crippen LogP contribution is -2.43. The zero-order chi connectivity index (χ0) is 26.1. The van der Waals surface area contributed by atoms with E-state index in [1.807, 2.05) is 18.2 Å². The number of benzene rings is 2. The fourth-order valence-electron chi connectivity index (χ4n) is 3.40. The van der Waals surface area contributed by atoms with E-state index in [2.05, 4.69) is 63.5 Å². The molecular formula is C27H38ClN3O3S. The van der Waals surface area contributed by atoms with Crippen molar-refractivity contribution in [1.29, 1.82) is 0 Å². The molecule has 3 rings (SSSR count). The average molecular weight is 520 g/mol. The highest BCUT2D eigenvalue weighted by atomic mass is 35.5. The van der Waals surface area contributed by atoms with Gasteiger partial charge in [-0.2, -0.15) is 0 Å². The quantitative estimate of drug-likeness (QED) is 0.277.